The Morgan fingerprint density at radius 2 is 2.12 bits per heavy atom. The van der Waals surface area contributed by atoms with Crippen LogP contribution in [-0.2, 0) is 0 Å². The number of halogens is 1. The summed E-state index contributed by atoms with van der Waals surface area (Å²) >= 11 is 5.51. The summed E-state index contributed by atoms with van der Waals surface area (Å²) in [6, 6.07) is 2.69. The zero-order chi connectivity index (χ0) is 12.7. The highest BCUT2D eigenvalue weighted by Crippen LogP contribution is 2.32. The van der Waals surface area contributed by atoms with Crippen molar-refractivity contribution in [3.05, 3.63) is 20.8 Å². The molecule has 0 saturated heterocycles. The largest absolute Gasteiger partial charge is 0.309 e. The molecule has 0 aliphatic heterocycles. The Bertz CT molecular complexity index is 309. The molecule has 0 radical (unpaired) electrons. The summed E-state index contributed by atoms with van der Waals surface area (Å²) in [4.78, 5) is 1.46. The molecule has 1 rings (SSSR count). The predicted octanol–water partition coefficient (Wildman–Crippen LogP) is 5.38. The highest BCUT2D eigenvalue weighted by Gasteiger charge is 2.14. The number of hydrogen-bond acceptors (Lipinski definition) is 2. The Hall–Kier alpha value is 0.140. The molecule has 17 heavy (non-hydrogen) atoms. The van der Waals surface area contributed by atoms with Crippen molar-refractivity contribution in [2.24, 2.45) is 5.92 Å². The second kappa shape index (κ2) is 8.28. The second-order valence-corrected chi connectivity index (χ2v) is 6.77. The summed E-state index contributed by atoms with van der Waals surface area (Å²) in [7, 11) is 0. The van der Waals surface area contributed by atoms with Crippen LogP contribution in [0.2, 0.25) is 0 Å². The van der Waals surface area contributed by atoms with Crippen LogP contribution in [0.3, 0.4) is 0 Å². The molecule has 0 spiro atoms. The molecule has 1 aromatic rings. The molecule has 0 aliphatic carbocycles. The topological polar surface area (TPSA) is 12.0 Å². The smallest absolute Gasteiger partial charge is 0.0426 e. The van der Waals surface area contributed by atoms with E-state index in [0.717, 1.165) is 12.5 Å². The zero-order valence-electron chi connectivity index (χ0n) is 11.1. The van der Waals surface area contributed by atoms with E-state index in [-0.39, 0.29) is 0 Å². The summed E-state index contributed by atoms with van der Waals surface area (Å²) in [5, 5.41) is 5.84. The van der Waals surface area contributed by atoms with E-state index >= 15 is 0 Å². The van der Waals surface area contributed by atoms with Crippen molar-refractivity contribution in [1.82, 2.24) is 5.32 Å². The molecule has 0 fully saturated rings. The minimum Gasteiger partial charge on any atom is -0.309 e. The Morgan fingerprint density at radius 1 is 1.35 bits per heavy atom. The fourth-order valence-electron chi connectivity index (χ4n) is 1.93. The molecule has 1 aromatic heterocycles. The molecule has 1 N–H and O–H groups in total. The quantitative estimate of drug-likeness (QED) is 0.679. The van der Waals surface area contributed by atoms with Crippen LogP contribution >= 0.6 is 27.3 Å². The number of hydrogen-bond donors (Lipinski definition) is 1. The van der Waals surface area contributed by atoms with Crippen molar-refractivity contribution in [2.75, 3.05) is 6.54 Å². The average Bonchev–Trinajstić information content (AvgIpc) is 2.69. The van der Waals surface area contributed by atoms with Gasteiger partial charge in [0.2, 0.25) is 0 Å². The van der Waals surface area contributed by atoms with E-state index in [0.29, 0.717) is 6.04 Å². The van der Waals surface area contributed by atoms with Crippen LogP contribution in [-0.4, -0.2) is 6.54 Å². The van der Waals surface area contributed by atoms with Crippen LogP contribution in [0.1, 0.15) is 57.4 Å². The second-order valence-electron chi connectivity index (χ2n) is 4.96. The first kappa shape index (κ1) is 15.2. The highest BCUT2D eigenvalue weighted by atomic mass is 79.9. The maximum atomic E-state index is 3.67. The van der Waals surface area contributed by atoms with E-state index < -0.39 is 0 Å². The van der Waals surface area contributed by atoms with Crippen LogP contribution < -0.4 is 5.32 Å². The zero-order valence-corrected chi connectivity index (χ0v) is 13.5. The van der Waals surface area contributed by atoms with Gasteiger partial charge in [0, 0.05) is 15.4 Å². The lowest BCUT2D eigenvalue weighted by molar-refractivity contribution is 0.451. The van der Waals surface area contributed by atoms with Gasteiger partial charge < -0.3 is 5.32 Å². The molecule has 3 heteroatoms. The maximum absolute atomic E-state index is 3.67. The molecule has 0 bridgehead atoms. The molecule has 0 aliphatic rings. The van der Waals surface area contributed by atoms with Crippen LogP contribution in [0.5, 0.6) is 0 Å². The van der Waals surface area contributed by atoms with Gasteiger partial charge in [-0.1, -0.05) is 33.6 Å². The molecule has 1 unspecified atom stereocenters. The summed E-state index contributed by atoms with van der Waals surface area (Å²) in [5.74, 6) is 0.814. The number of rotatable bonds is 8. The van der Waals surface area contributed by atoms with Gasteiger partial charge in [-0.25, -0.2) is 0 Å². The predicted molar refractivity (Wildman–Crippen MR) is 81.7 cm³/mol. The molecule has 98 valence electrons. The van der Waals surface area contributed by atoms with E-state index in [1.807, 2.05) is 11.3 Å². The van der Waals surface area contributed by atoms with E-state index in [4.69, 9.17) is 0 Å². The fourth-order valence-corrected chi connectivity index (χ4v) is 3.69. The molecular formula is C14H24BrNS. The maximum Gasteiger partial charge on any atom is 0.0426 e. The van der Waals surface area contributed by atoms with Crippen molar-refractivity contribution in [3.63, 3.8) is 0 Å². The number of thiophene rings is 1. The summed E-state index contributed by atoms with van der Waals surface area (Å²) < 4.78 is 1.26. The molecule has 0 saturated carbocycles. The first-order valence-electron chi connectivity index (χ1n) is 6.61. The van der Waals surface area contributed by atoms with E-state index in [2.05, 4.69) is 53.5 Å². The van der Waals surface area contributed by atoms with E-state index in [1.54, 1.807) is 0 Å². The van der Waals surface area contributed by atoms with Crippen molar-refractivity contribution < 1.29 is 0 Å². The Kier molecular flexibility index (Phi) is 7.40. The normalized spacial score (nSPS) is 13.2. The third-order valence-corrected chi connectivity index (χ3v) is 4.86. The van der Waals surface area contributed by atoms with Crippen LogP contribution in [0, 0.1) is 5.92 Å². The van der Waals surface area contributed by atoms with Gasteiger partial charge >= 0.3 is 0 Å². The molecule has 0 amide bonds. The Balaban J connectivity index is 2.52. The third-order valence-electron chi connectivity index (χ3n) is 2.88. The Labute approximate surface area is 118 Å². The van der Waals surface area contributed by atoms with Gasteiger partial charge in [0.05, 0.1) is 0 Å². The SMILES string of the molecule is CCCNC(CCCC(C)C)c1sccc1Br. The minimum atomic E-state index is 0.531. The van der Waals surface area contributed by atoms with Crippen LogP contribution in [0.4, 0.5) is 0 Å². The lowest BCUT2D eigenvalue weighted by atomic mass is 10.0. The summed E-state index contributed by atoms with van der Waals surface area (Å²) in [6.45, 7) is 7.93. The standard InChI is InChI=1S/C14H24BrNS/c1-4-9-16-13(7-5-6-11(2)3)14-12(15)8-10-17-14/h8,10-11,13,16H,4-7,9H2,1-3H3. The lowest BCUT2D eigenvalue weighted by Crippen LogP contribution is -2.21. The van der Waals surface area contributed by atoms with Gasteiger partial charge in [-0.2, -0.15) is 0 Å². The Morgan fingerprint density at radius 3 is 2.65 bits per heavy atom. The van der Waals surface area contributed by atoms with Crippen molar-refractivity contribution >= 4 is 27.3 Å². The molecule has 1 nitrogen and oxygen atoms in total. The van der Waals surface area contributed by atoms with Gasteiger partial charge in [-0.3, -0.25) is 0 Å². The number of nitrogens with one attached hydrogen (secondary N) is 1. The van der Waals surface area contributed by atoms with E-state index in [9.17, 15) is 0 Å². The summed E-state index contributed by atoms with van der Waals surface area (Å²) in [5.41, 5.74) is 0. The van der Waals surface area contributed by atoms with Crippen LogP contribution in [0.15, 0.2) is 15.9 Å². The first-order chi connectivity index (χ1) is 8.15. The fraction of sp³-hybridized carbons (Fsp3) is 0.714. The van der Waals surface area contributed by atoms with Gasteiger partial charge in [0.1, 0.15) is 0 Å². The monoisotopic (exact) mass is 317 g/mol. The van der Waals surface area contributed by atoms with Gasteiger partial charge in [-0.05, 0) is 52.7 Å². The molecule has 1 atom stereocenters. The molecule has 0 aromatic carbocycles. The van der Waals surface area contributed by atoms with Crippen LogP contribution in [0.25, 0.3) is 0 Å². The first-order valence-corrected chi connectivity index (χ1v) is 8.28. The lowest BCUT2D eigenvalue weighted by Gasteiger charge is -2.18. The van der Waals surface area contributed by atoms with E-state index in [1.165, 1.54) is 35.0 Å². The van der Waals surface area contributed by atoms with Gasteiger partial charge in [-0.15, -0.1) is 11.3 Å². The minimum absolute atomic E-state index is 0.531. The van der Waals surface area contributed by atoms with Crippen molar-refractivity contribution in [1.29, 1.82) is 0 Å². The van der Waals surface area contributed by atoms with Crippen molar-refractivity contribution in [3.8, 4) is 0 Å². The molecule has 1 heterocycles. The van der Waals surface area contributed by atoms with Gasteiger partial charge in [0.15, 0.2) is 0 Å². The third kappa shape index (κ3) is 5.54. The van der Waals surface area contributed by atoms with Crippen molar-refractivity contribution in [2.45, 2.75) is 52.5 Å². The summed E-state index contributed by atoms with van der Waals surface area (Å²) in [6.07, 6.45) is 5.08. The van der Waals surface area contributed by atoms with Gasteiger partial charge in [0.25, 0.3) is 0 Å². The average molecular weight is 318 g/mol. The molecular weight excluding hydrogens is 294 g/mol. The highest BCUT2D eigenvalue weighted by molar-refractivity contribution is 9.10.